The van der Waals surface area contributed by atoms with Gasteiger partial charge in [0.1, 0.15) is 5.54 Å². The third-order valence-corrected chi connectivity index (χ3v) is 2.60. The number of carbonyl (C=O) groups excluding carboxylic acids is 1. The van der Waals surface area contributed by atoms with Crippen LogP contribution in [-0.2, 0) is 9.53 Å². The number of ketones is 1. The first-order valence-corrected chi connectivity index (χ1v) is 4.20. The molecule has 1 atom stereocenters. The van der Waals surface area contributed by atoms with Gasteiger partial charge in [0.25, 0.3) is 0 Å². The topological polar surface area (TPSA) is 38.3 Å². The minimum Gasteiger partial charge on any atom is -0.379 e. The van der Waals surface area contributed by atoms with E-state index in [0.29, 0.717) is 12.4 Å². The Morgan fingerprint density at radius 1 is 1.55 bits per heavy atom. The molecule has 3 heteroatoms. The van der Waals surface area contributed by atoms with Gasteiger partial charge in [-0.05, 0) is 19.4 Å². The second-order valence-corrected chi connectivity index (χ2v) is 3.34. The summed E-state index contributed by atoms with van der Waals surface area (Å²) in [6, 6.07) is 0. The van der Waals surface area contributed by atoms with Crippen LogP contribution in [0.2, 0.25) is 0 Å². The molecule has 0 radical (unpaired) electrons. The summed E-state index contributed by atoms with van der Waals surface area (Å²) in [6.07, 6.45) is 2.59. The first-order valence-electron chi connectivity index (χ1n) is 4.20. The number of hydrogen-bond acceptors (Lipinski definition) is 3. The van der Waals surface area contributed by atoms with Gasteiger partial charge < -0.3 is 10.1 Å². The van der Waals surface area contributed by atoms with E-state index in [1.807, 2.05) is 0 Å². The van der Waals surface area contributed by atoms with Gasteiger partial charge in [0, 0.05) is 13.0 Å². The van der Waals surface area contributed by atoms with Crippen LogP contribution < -0.4 is 5.32 Å². The lowest BCUT2D eigenvalue weighted by Crippen LogP contribution is -2.55. The number of carbonyl (C=O) groups is 1. The van der Waals surface area contributed by atoms with Crippen LogP contribution in [0.15, 0.2) is 0 Å². The molecule has 0 bridgehead atoms. The van der Waals surface area contributed by atoms with Crippen molar-refractivity contribution in [2.45, 2.75) is 24.8 Å². The third-order valence-electron chi connectivity index (χ3n) is 2.60. The maximum absolute atomic E-state index is 11.5. The van der Waals surface area contributed by atoms with Gasteiger partial charge in [-0.25, -0.2) is 0 Å². The SMILES string of the molecule is O=C1CCCNC12CCOC2. The number of rotatable bonds is 0. The Bertz CT molecular complexity index is 173. The molecule has 0 aromatic carbocycles. The van der Waals surface area contributed by atoms with E-state index in [2.05, 4.69) is 5.32 Å². The highest BCUT2D eigenvalue weighted by atomic mass is 16.5. The van der Waals surface area contributed by atoms with Gasteiger partial charge in [0.05, 0.1) is 6.61 Å². The Kier molecular flexibility index (Phi) is 1.69. The predicted molar refractivity (Wildman–Crippen MR) is 40.4 cm³/mol. The van der Waals surface area contributed by atoms with E-state index in [9.17, 15) is 4.79 Å². The van der Waals surface area contributed by atoms with Crippen molar-refractivity contribution < 1.29 is 9.53 Å². The van der Waals surface area contributed by atoms with Crippen LogP contribution in [-0.4, -0.2) is 31.1 Å². The summed E-state index contributed by atoms with van der Waals surface area (Å²) < 4.78 is 5.22. The summed E-state index contributed by atoms with van der Waals surface area (Å²) in [6.45, 7) is 2.29. The van der Waals surface area contributed by atoms with Crippen LogP contribution in [0.25, 0.3) is 0 Å². The van der Waals surface area contributed by atoms with Crippen LogP contribution >= 0.6 is 0 Å². The van der Waals surface area contributed by atoms with Crippen LogP contribution in [0.3, 0.4) is 0 Å². The van der Waals surface area contributed by atoms with Crippen molar-refractivity contribution in [2.24, 2.45) is 0 Å². The molecule has 3 nitrogen and oxygen atoms in total. The molecule has 2 saturated heterocycles. The summed E-state index contributed by atoms with van der Waals surface area (Å²) >= 11 is 0. The first kappa shape index (κ1) is 7.25. The fraction of sp³-hybridized carbons (Fsp3) is 0.875. The molecule has 2 aliphatic heterocycles. The lowest BCUT2D eigenvalue weighted by molar-refractivity contribution is -0.127. The summed E-state index contributed by atoms with van der Waals surface area (Å²) in [7, 11) is 0. The number of Topliss-reactive ketones (excluding diaryl/α,β-unsaturated/α-hetero) is 1. The lowest BCUT2D eigenvalue weighted by atomic mass is 9.87. The Hall–Kier alpha value is -0.410. The third kappa shape index (κ3) is 1.08. The molecule has 2 heterocycles. The molecule has 0 aromatic heterocycles. The molecule has 62 valence electrons. The summed E-state index contributed by atoms with van der Waals surface area (Å²) in [4.78, 5) is 11.5. The zero-order valence-corrected chi connectivity index (χ0v) is 6.56. The van der Waals surface area contributed by atoms with Crippen molar-refractivity contribution >= 4 is 5.78 Å². The van der Waals surface area contributed by atoms with Crippen LogP contribution in [0.1, 0.15) is 19.3 Å². The largest absolute Gasteiger partial charge is 0.379 e. The second-order valence-electron chi connectivity index (χ2n) is 3.34. The first-order chi connectivity index (χ1) is 5.33. The van der Waals surface area contributed by atoms with Gasteiger partial charge in [0.15, 0.2) is 5.78 Å². The zero-order chi connectivity index (χ0) is 7.73. The number of ether oxygens (including phenoxy) is 1. The molecular formula is C8H13NO2. The number of hydrogen-bond donors (Lipinski definition) is 1. The quantitative estimate of drug-likeness (QED) is 0.539. The average Bonchev–Trinajstić information content (AvgIpc) is 2.46. The van der Waals surface area contributed by atoms with E-state index >= 15 is 0 Å². The molecule has 2 aliphatic rings. The van der Waals surface area contributed by atoms with E-state index in [0.717, 1.165) is 32.4 Å². The Labute approximate surface area is 66.1 Å². The van der Waals surface area contributed by atoms with Crippen molar-refractivity contribution in [3.05, 3.63) is 0 Å². The molecule has 0 aliphatic carbocycles. The van der Waals surface area contributed by atoms with Crippen LogP contribution in [0, 0.1) is 0 Å². The molecule has 1 N–H and O–H groups in total. The molecule has 1 unspecified atom stereocenters. The average molecular weight is 155 g/mol. The van der Waals surface area contributed by atoms with Gasteiger partial charge in [-0.3, -0.25) is 4.79 Å². The Balaban J connectivity index is 2.13. The fourth-order valence-corrected chi connectivity index (χ4v) is 1.84. The van der Waals surface area contributed by atoms with E-state index in [4.69, 9.17) is 4.74 Å². The highest BCUT2D eigenvalue weighted by molar-refractivity contribution is 5.89. The highest BCUT2D eigenvalue weighted by Crippen LogP contribution is 2.24. The van der Waals surface area contributed by atoms with Crippen LogP contribution in [0.5, 0.6) is 0 Å². The van der Waals surface area contributed by atoms with Crippen molar-refractivity contribution in [3.8, 4) is 0 Å². The summed E-state index contributed by atoms with van der Waals surface area (Å²) in [5.74, 6) is 0.348. The van der Waals surface area contributed by atoms with Crippen molar-refractivity contribution in [1.82, 2.24) is 5.32 Å². The van der Waals surface area contributed by atoms with Gasteiger partial charge >= 0.3 is 0 Å². The maximum atomic E-state index is 11.5. The van der Waals surface area contributed by atoms with E-state index in [1.165, 1.54) is 0 Å². The number of nitrogens with one attached hydrogen (secondary N) is 1. The fourth-order valence-electron chi connectivity index (χ4n) is 1.84. The van der Waals surface area contributed by atoms with Gasteiger partial charge in [-0.1, -0.05) is 0 Å². The zero-order valence-electron chi connectivity index (χ0n) is 6.56. The van der Waals surface area contributed by atoms with E-state index in [1.54, 1.807) is 0 Å². The van der Waals surface area contributed by atoms with Crippen molar-refractivity contribution in [2.75, 3.05) is 19.8 Å². The Morgan fingerprint density at radius 3 is 3.09 bits per heavy atom. The van der Waals surface area contributed by atoms with Gasteiger partial charge in [0.2, 0.25) is 0 Å². The van der Waals surface area contributed by atoms with Gasteiger partial charge in [-0.15, -0.1) is 0 Å². The smallest absolute Gasteiger partial charge is 0.155 e. The Morgan fingerprint density at radius 2 is 2.45 bits per heavy atom. The maximum Gasteiger partial charge on any atom is 0.155 e. The van der Waals surface area contributed by atoms with Crippen molar-refractivity contribution in [3.63, 3.8) is 0 Å². The molecule has 2 fully saturated rings. The molecule has 0 saturated carbocycles. The minimum atomic E-state index is -0.280. The van der Waals surface area contributed by atoms with Crippen LogP contribution in [0.4, 0.5) is 0 Å². The predicted octanol–water partition coefficient (Wildman–Crippen LogP) is 0.0980. The minimum absolute atomic E-state index is 0.280. The van der Waals surface area contributed by atoms with E-state index < -0.39 is 0 Å². The lowest BCUT2D eigenvalue weighted by Gasteiger charge is -2.31. The molecule has 1 spiro atoms. The summed E-state index contributed by atoms with van der Waals surface area (Å²) in [5, 5.41) is 3.27. The summed E-state index contributed by atoms with van der Waals surface area (Å²) in [5.41, 5.74) is -0.280. The highest BCUT2D eigenvalue weighted by Gasteiger charge is 2.42. The molecule has 0 amide bonds. The number of piperidine rings is 1. The molecular weight excluding hydrogens is 142 g/mol. The monoisotopic (exact) mass is 155 g/mol. The van der Waals surface area contributed by atoms with Gasteiger partial charge in [-0.2, -0.15) is 0 Å². The molecule has 11 heavy (non-hydrogen) atoms. The molecule has 0 aromatic rings. The second kappa shape index (κ2) is 2.57. The van der Waals surface area contributed by atoms with Crippen molar-refractivity contribution in [1.29, 1.82) is 0 Å². The normalized spacial score (nSPS) is 38.4. The van der Waals surface area contributed by atoms with E-state index in [-0.39, 0.29) is 5.54 Å². The molecule has 2 rings (SSSR count). The standard InChI is InChI=1S/C8H13NO2/c10-7-2-1-4-9-8(7)3-5-11-6-8/h9H,1-6H2.